The zero-order valence-electron chi connectivity index (χ0n) is 8.60. The molecule has 5 heteroatoms. The number of aryl methyl sites for hydroxylation is 1. The fourth-order valence-electron chi connectivity index (χ4n) is 1.23. The number of rotatable bonds is 2. The molecule has 1 heterocycles. The van der Waals surface area contributed by atoms with Crippen molar-refractivity contribution < 1.29 is 14.4 Å². The molecule has 82 valence electrons. The van der Waals surface area contributed by atoms with Gasteiger partial charge in [-0.2, -0.15) is 0 Å². The maximum absolute atomic E-state index is 11.7. The standard InChI is InChI=1S/C11H10N2O3/c1-7-6-10(13-16-7)12-11(15)8-2-4-9(14)5-3-8/h2-6,14H,1H3,(H,12,13,15). The van der Waals surface area contributed by atoms with Crippen molar-refractivity contribution in [3.05, 3.63) is 41.7 Å². The van der Waals surface area contributed by atoms with E-state index in [2.05, 4.69) is 10.5 Å². The van der Waals surface area contributed by atoms with Gasteiger partial charge in [0.25, 0.3) is 5.91 Å². The Balaban J connectivity index is 2.11. The number of carbonyl (C=O) groups is 1. The van der Waals surface area contributed by atoms with Gasteiger partial charge in [0.2, 0.25) is 0 Å². The second-order valence-corrected chi connectivity index (χ2v) is 3.32. The molecule has 0 spiro atoms. The molecule has 2 N–H and O–H groups in total. The Hall–Kier alpha value is -2.30. The van der Waals surface area contributed by atoms with E-state index < -0.39 is 0 Å². The van der Waals surface area contributed by atoms with Crippen LogP contribution >= 0.6 is 0 Å². The summed E-state index contributed by atoms with van der Waals surface area (Å²) in [4.78, 5) is 11.7. The number of aromatic nitrogens is 1. The number of hydrogen-bond acceptors (Lipinski definition) is 4. The molecule has 0 saturated carbocycles. The smallest absolute Gasteiger partial charge is 0.256 e. The van der Waals surface area contributed by atoms with Gasteiger partial charge in [0.05, 0.1) is 0 Å². The van der Waals surface area contributed by atoms with Gasteiger partial charge < -0.3 is 14.9 Å². The van der Waals surface area contributed by atoms with Crippen molar-refractivity contribution in [3.63, 3.8) is 0 Å². The van der Waals surface area contributed by atoms with Crippen molar-refractivity contribution >= 4 is 11.7 Å². The number of amides is 1. The zero-order valence-corrected chi connectivity index (χ0v) is 8.60. The van der Waals surface area contributed by atoms with Gasteiger partial charge in [-0.15, -0.1) is 0 Å². The lowest BCUT2D eigenvalue weighted by molar-refractivity contribution is 0.102. The van der Waals surface area contributed by atoms with Gasteiger partial charge in [0.1, 0.15) is 11.5 Å². The van der Waals surface area contributed by atoms with Crippen LogP contribution in [-0.2, 0) is 0 Å². The summed E-state index contributed by atoms with van der Waals surface area (Å²) in [6.45, 7) is 1.74. The maximum atomic E-state index is 11.7. The molecule has 0 bridgehead atoms. The molecule has 1 aromatic heterocycles. The molecule has 0 aliphatic rings. The minimum atomic E-state index is -0.298. The topological polar surface area (TPSA) is 75.4 Å². The van der Waals surface area contributed by atoms with Crippen LogP contribution in [0.2, 0.25) is 0 Å². The number of aromatic hydroxyl groups is 1. The lowest BCUT2D eigenvalue weighted by atomic mass is 10.2. The summed E-state index contributed by atoms with van der Waals surface area (Å²) < 4.78 is 4.82. The molecule has 0 atom stereocenters. The number of anilines is 1. The maximum Gasteiger partial charge on any atom is 0.256 e. The summed E-state index contributed by atoms with van der Waals surface area (Å²) >= 11 is 0. The van der Waals surface area contributed by atoms with Gasteiger partial charge in [0.15, 0.2) is 5.82 Å². The van der Waals surface area contributed by atoms with Crippen LogP contribution in [0.4, 0.5) is 5.82 Å². The van der Waals surface area contributed by atoms with Crippen molar-refractivity contribution in [2.24, 2.45) is 0 Å². The van der Waals surface area contributed by atoms with Crippen molar-refractivity contribution in [2.45, 2.75) is 6.92 Å². The highest BCUT2D eigenvalue weighted by molar-refractivity contribution is 6.03. The SMILES string of the molecule is Cc1cc(NC(=O)c2ccc(O)cc2)no1. The normalized spacial score (nSPS) is 10.1. The van der Waals surface area contributed by atoms with Crippen molar-refractivity contribution in [1.82, 2.24) is 5.16 Å². The molecule has 0 fully saturated rings. The van der Waals surface area contributed by atoms with Crippen LogP contribution < -0.4 is 5.32 Å². The molecule has 0 radical (unpaired) electrons. The minimum absolute atomic E-state index is 0.119. The number of carbonyl (C=O) groups excluding carboxylic acids is 1. The molecular formula is C11H10N2O3. The number of hydrogen-bond donors (Lipinski definition) is 2. The minimum Gasteiger partial charge on any atom is -0.508 e. The van der Waals surface area contributed by atoms with E-state index in [1.165, 1.54) is 24.3 Å². The zero-order chi connectivity index (χ0) is 11.5. The van der Waals surface area contributed by atoms with Gasteiger partial charge in [-0.05, 0) is 31.2 Å². The lowest BCUT2D eigenvalue weighted by Gasteiger charge is -2.00. The third kappa shape index (κ3) is 2.20. The predicted molar refractivity (Wildman–Crippen MR) is 57.3 cm³/mol. The molecule has 1 aromatic carbocycles. The number of nitrogens with one attached hydrogen (secondary N) is 1. The highest BCUT2D eigenvalue weighted by Crippen LogP contribution is 2.12. The van der Waals surface area contributed by atoms with Crippen LogP contribution in [-0.4, -0.2) is 16.2 Å². The third-order valence-corrected chi connectivity index (χ3v) is 2.00. The summed E-state index contributed by atoms with van der Waals surface area (Å²) in [5, 5.41) is 15.3. The van der Waals surface area contributed by atoms with E-state index in [9.17, 15) is 4.79 Å². The summed E-state index contributed by atoms with van der Waals surface area (Å²) in [7, 11) is 0. The number of nitrogens with zero attached hydrogens (tertiary/aromatic N) is 1. The average Bonchev–Trinajstić information content (AvgIpc) is 2.65. The van der Waals surface area contributed by atoms with Crippen molar-refractivity contribution in [3.8, 4) is 5.75 Å². The molecule has 0 saturated heterocycles. The molecule has 0 aliphatic carbocycles. The highest BCUT2D eigenvalue weighted by Gasteiger charge is 2.08. The Bertz CT molecular complexity index is 502. The molecule has 16 heavy (non-hydrogen) atoms. The Morgan fingerprint density at radius 2 is 2.06 bits per heavy atom. The number of phenolic OH excluding ortho intramolecular Hbond substituents is 1. The Labute approximate surface area is 91.7 Å². The van der Waals surface area contributed by atoms with Crippen LogP contribution in [0.15, 0.2) is 34.9 Å². The van der Waals surface area contributed by atoms with E-state index in [0.717, 1.165) is 0 Å². The van der Waals surface area contributed by atoms with Crippen LogP contribution in [0.1, 0.15) is 16.1 Å². The van der Waals surface area contributed by atoms with E-state index in [4.69, 9.17) is 9.63 Å². The molecule has 1 amide bonds. The van der Waals surface area contributed by atoms with Crippen molar-refractivity contribution in [2.75, 3.05) is 5.32 Å². The summed E-state index contributed by atoms with van der Waals surface area (Å²) in [5.41, 5.74) is 0.443. The predicted octanol–water partition coefficient (Wildman–Crippen LogP) is 1.94. The van der Waals surface area contributed by atoms with E-state index >= 15 is 0 Å². The highest BCUT2D eigenvalue weighted by atomic mass is 16.5. The molecular weight excluding hydrogens is 208 g/mol. The summed E-state index contributed by atoms with van der Waals surface area (Å²) in [6, 6.07) is 7.57. The molecule has 5 nitrogen and oxygen atoms in total. The fourth-order valence-corrected chi connectivity index (χ4v) is 1.23. The lowest BCUT2D eigenvalue weighted by Crippen LogP contribution is -2.11. The van der Waals surface area contributed by atoms with Crippen LogP contribution in [0.5, 0.6) is 5.75 Å². The first kappa shape index (κ1) is 10.2. The first-order chi connectivity index (χ1) is 7.65. The fraction of sp³-hybridized carbons (Fsp3) is 0.0909. The summed E-state index contributed by atoms with van der Waals surface area (Å²) in [5.74, 6) is 0.818. The molecule has 0 unspecified atom stereocenters. The van der Waals surface area contributed by atoms with Gasteiger partial charge in [-0.25, -0.2) is 0 Å². The van der Waals surface area contributed by atoms with Crippen molar-refractivity contribution in [1.29, 1.82) is 0 Å². The first-order valence-corrected chi connectivity index (χ1v) is 4.69. The van der Waals surface area contributed by atoms with E-state index in [-0.39, 0.29) is 11.7 Å². The summed E-state index contributed by atoms with van der Waals surface area (Å²) in [6.07, 6.45) is 0. The van der Waals surface area contributed by atoms with Gasteiger partial charge in [-0.1, -0.05) is 5.16 Å². The van der Waals surface area contributed by atoms with E-state index in [1.807, 2.05) is 0 Å². The van der Waals surface area contributed by atoms with Gasteiger partial charge in [0, 0.05) is 11.6 Å². The second-order valence-electron chi connectivity index (χ2n) is 3.32. The Kier molecular flexibility index (Phi) is 2.59. The number of phenols is 1. The van der Waals surface area contributed by atoms with Gasteiger partial charge in [-0.3, -0.25) is 4.79 Å². The molecule has 2 aromatic rings. The van der Waals surface area contributed by atoms with E-state index in [1.54, 1.807) is 13.0 Å². The van der Waals surface area contributed by atoms with E-state index in [0.29, 0.717) is 17.1 Å². The monoisotopic (exact) mass is 218 g/mol. The van der Waals surface area contributed by atoms with Gasteiger partial charge >= 0.3 is 0 Å². The molecule has 0 aliphatic heterocycles. The number of benzene rings is 1. The van der Waals surface area contributed by atoms with Crippen LogP contribution in [0.3, 0.4) is 0 Å². The Morgan fingerprint density at radius 1 is 1.38 bits per heavy atom. The largest absolute Gasteiger partial charge is 0.508 e. The Morgan fingerprint density at radius 3 is 2.62 bits per heavy atom. The average molecular weight is 218 g/mol. The van der Waals surface area contributed by atoms with Crippen LogP contribution in [0, 0.1) is 6.92 Å². The quantitative estimate of drug-likeness (QED) is 0.807. The van der Waals surface area contributed by atoms with Crippen LogP contribution in [0.25, 0.3) is 0 Å². The molecule has 2 rings (SSSR count). The third-order valence-electron chi connectivity index (χ3n) is 2.00. The second kappa shape index (κ2) is 4.06. The first-order valence-electron chi connectivity index (χ1n) is 4.69.